The normalized spacial score (nSPS) is 18.4. The number of hydrogen-bond acceptors (Lipinski definition) is 7. The molecular formula is C24H16Cl2N2O6. The van der Waals surface area contributed by atoms with Crippen molar-refractivity contribution < 1.29 is 28.9 Å². The number of rotatable bonds is 4. The second-order valence-electron chi connectivity index (χ2n) is 7.43. The van der Waals surface area contributed by atoms with Gasteiger partial charge in [0.15, 0.2) is 11.5 Å². The van der Waals surface area contributed by atoms with Gasteiger partial charge >= 0.3 is 0 Å². The average molecular weight is 499 g/mol. The number of ketones is 1. The Hall–Kier alpha value is -3.75. The number of carbonyl (C=O) groups is 2. The molecule has 1 N–H and O–H groups in total. The molecular weight excluding hydrogens is 483 g/mol. The van der Waals surface area contributed by atoms with E-state index in [1.807, 2.05) is 0 Å². The van der Waals surface area contributed by atoms with Gasteiger partial charge in [0.05, 0.1) is 29.0 Å². The first kappa shape index (κ1) is 22.1. The van der Waals surface area contributed by atoms with E-state index in [1.54, 1.807) is 36.4 Å². The second kappa shape index (κ2) is 8.55. The van der Waals surface area contributed by atoms with Gasteiger partial charge in [-0.15, -0.1) is 0 Å². The standard InChI is InChI=1S/C24H16Cl2N2O6/c1-32-23-14(8-12(25)9-15(23)26)21(29)19-20(16-4-2-3-7-27-16)28(24(31)22(19)30)13-5-6-17-18(10-13)34-11-33-17/h2-10,20,29H,11H2,1H3/b21-19+. The molecule has 172 valence electrons. The molecule has 2 aromatic carbocycles. The SMILES string of the molecule is COc1c(Cl)cc(Cl)cc1/C(O)=C1\C(=O)C(=O)N(c2ccc3c(c2)OCO3)C1c1ccccn1. The Morgan fingerprint density at radius 1 is 1.12 bits per heavy atom. The van der Waals surface area contributed by atoms with Crippen LogP contribution in [-0.2, 0) is 9.59 Å². The second-order valence-corrected chi connectivity index (χ2v) is 8.27. The Morgan fingerprint density at radius 2 is 1.91 bits per heavy atom. The van der Waals surface area contributed by atoms with Crippen molar-refractivity contribution in [1.29, 1.82) is 0 Å². The van der Waals surface area contributed by atoms with Crippen molar-refractivity contribution in [2.75, 3.05) is 18.8 Å². The van der Waals surface area contributed by atoms with E-state index in [0.29, 0.717) is 22.9 Å². The van der Waals surface area contributed by atoms with E-state index in [4.69, 9.17) is 37.4 Å². The molecule has 0 aliphatic carbocycles. The van der Waals surface area contributed by atoms with Gasteiger partial charge in [-0.25, -0.2) is 0 Å². The van der Waals surface area contributed by atoms with Gasteiger partial charge in [0.2, 0.25) is 6.79 Å². The summed E-state index contributed by atoms with van der Waals surface area (Å²) in [4.78, 5) is 32.2. The topological polar surface area (TPSA) is 98.2 Å². The van der Waals surface area contributed by atoms with E-state index in [-0.39, 0.29) is 33.7 Å². The molecule has 3 aromatic rings. The molecule has 34 heavy (non-hydrogen) atoms. The van der Waals surface area contributed by atoms with Crippen LogP contribution in [-0.4, -0.2) is 35.7 Å². The Balaban J connectivity index is 1.74. The molecule has 2 aliphatic heterocycles. The highest BCUT2D eigenvalue weighted by molar-refractivity contribution is 6.51. The fourth-order valence-corrected chi connectivity index (χ4v) is 4.61. The van der Waals surface area contributed by atoms with Crippen LogP contribution in [0, 0.1) is 0 Å². The number of aliphatic hydroxyl groups excluding tert-OH is 1. The van der Waals surface area contributed by atoms with Gasteiger partial charge in [0.25, 0.3) is 11.7 Å². The fraction of sp³-hybridized carbons (Fsp3) is 0.125. The first-order chi connectivity index (χ1) is 16.4. The first-order valence-corrected chi connectivity index (χ1v) is 10.8. The van der Waals surface area contributed by atoms with Crippen LogP contribution in [0.5, 0.6) is 17.2 Å². The summed E-state index contributed by atoms with van der Waals surface area (Å²) in [6, 6.07) is 11.8. The zero-order chi connectivity index (χ0) is 24.0. The van der Waals surface area contributed by atoms with Crippen LogP contribution in [0.3, 0.4) is 0 Å². The van der Waals surface area contributed by atoms with Crippen LogP contribution >= 0.6 is 23.2 Å². The first-order valence-electron chi connectivity index (χ1n) is 10.1. The summed E-state index contributed by atoms with van der Waals surface area (Å²) in [5.41, 5.74) is 0.632. The molecule has 0 saturated carbocycles. The fourth-order valence-electron chi connectivity index (χ4n) is 4.04. The van der Waals surface area contributed by atoms with Crippen molar-refractivity contribution in [2.45, 2.75) is 6.04 Å². The average Bonchev–Trinajstić information content (AvgIpc) is 3.40. The Labute approximate surface area is 203 Å². The molecule has 1 amide bonds. The van der Waals surface area contributed by atoms with E-state index >= 15 is 0 Å². The summed E-state index contributed by atoms with van der Waals surface area (Å²) in [5, 5.41) is 11.7. The molecule has 3 heterocycles. The number of nitrogens with zero attached hydrogens (tertiary/aromatic N) is 2. The van der Waals surface area contributed by atoms with Crippen LogP contribution in [0.25, 0.3) is 5.76 Å². The van der Waals surface area contributed by atoms with Crippen molar-refractivity contribution in [3.8, 4) is 17.2 Å². The van der Waals surface area contributed by atoms with Gasteiger partial charge in [-0.1, -0.05) is 29.3 Å². The van der Waals surface area contributed by atoms with Crippen molar-refractivity contribution in [2.24, 2.45) is 0 Å². The summed E-state index contributed by atoms with van der Waals surface area (Å²) in [6.45, 7) is 0.0522. The van der Waals surface area contributed by atoms with Gasteiger partial charge in [-0.3, -0.25) is 19.5 Å². The molecule has 8 nitrogen and oxygen atoms in total. The number of pyridine rings is 1. The number of anilines is 1. The molecule has 0 bridgehead atoms. The van der Waals surface area contributed by atoms with Crippen molar-refractivity contribution in [3.63, 3.8) is 0 Å². The number of amides is 1. The zero-order valence-electron chi connectivity index (χ0n) is 17.6. The molecule has 1 fully saturated rings. The number of carbonyl (C=O) groups excluding carboxylic acids is 2. The summed E-state index contributed by atoms with van der Waals surface area (Å²) in [7, 11) is 1.37. The number of benzene rings is 2. The maximum absolute atomic E-state index is 13.3. The minimum Gasteiger partial charge on any atom is -0.507 e. The maximum atomic E-state index is 13.3. The van der Waals surface area contributed by atoms with Gasteiger partial charge in [-0.05, 0) is 36.4 Å². The van der Waals surface area contributed by atoms with Crippen LogP contribution in [0.2, 0.25) is 10.0 Å². The number of fused-ring (bicyclic) bond motifs is 1. The molecule has 1 saturated heterocycles. The van der Waals surface area contributed by atoms with Crippen molar-refractivity contribution in [3.05, 3.63) is 81.6 Å². The van der Waals surface area contributed by atoms with E-state index in [9.17, 15) is 14.7 Å². The molecule has 2 aliphatic rings. The lowest BCUT2D eigenvalue weighted by molar-refractivity contribution is -0.132. The minimum atomic E-state index is -1.04. The predicted molar refractivity (Wildman–Crippen MR) is 125 cm³/mol. The molecule has 1 atom stereocenters. The van der Waals surface area contributed by atoms with Crippen LogP contribution in [0.15, 0.2) is 60.3 Å². The van der Waals surface area contributed by atoms with E-state index in [1.165, 1.54) is 30.3 Å². The molecule has 1 aromatic heterocycles. The molecule has 0 radical (unpaired) electrons. The number of Topliss-reactive ketones (excluding diaryl/α,β-unsaturated/α-hetero) is 1. The lowest BCUT2D eigenvalue weighted by atomic mass is 9.97. The van der Waals surface area contributed by atoms with Crippen LogP contribution in [0.1, 0.15) is 17.3 Å². The highest BCUT2D eigenvalue weighted by Crippen LogP contribution is 2.46. The zero-order valence-corrected chi connectivity index (χ0v) is 19.1. The van der Waals surface area contributed by atoms with E-state index < -0.39 is 23.5 Å². The lowest BCUT2D eigenvalue weighted by Gasteiger charge is -2.25. The summed E-state index contributed by atoms with van der Waals surface area (Å²) in [5.74, 6) is -1.17. The highest BCUT2D eigenvalue weighted by atomic mass is 35.5. The molecule has 0 spiro atoms. The number of halogens is 2. The molecule has 1 unspecified atom stereocenters. The predicted octanol–water partition coefficient (Wildman–Crippen LogP) is 4.75. The van der Waals surface area contributed by atoms with E-state index in [2.05, 4.69) is 4.98 Å². The van der Waals surface area contributed by atoms with Gasteiger partial charge < -0.3 is 19.3 Å². The quantitative estimate of drug-likeness (QED) is 0.314. The van der Waals surface area contributed by atoms with E-state index in [0.717, 1.165) is 0 Å². The lowest BCUT2D eigenvalue weighted by Crippen LogP contribution is -2.29. The number of ether oxygens (including phenoxy) is 3. The summed E-state index contributed by atoms with van der Waals surface area (Å²) in [6.07, 6.45) is 1.53. The Kier molecular flexibility index (Phi) is 5.55. The third kappa shape index (κ3) is 3.52. The highest BCUT2D eigenvalue weighted by Gasteiger charge is 2.48. The number of hydrogen-bond donors (Lipinski definition) is 1. The van der Waals surface area contributed by atoms with Crippen LogP contribution < -0.4 is 19.1 Å². The smallest absolute Gasteiger partial charge is 0.300 e. The number of methoxy groups -OCH3 is 1. The van der Waals surface area contributed by atoms with Gasteiger partial charge in [-0.2, -0.15) is 0 Å². The summed E-state index contributed by atoms with van der Waals surface area (Å²) >= 11 is 12.4. The summed E-state index contributed by atoms with van der Waals surface area (Å²) < 4.78 is 16.1. The molecule has 10 heteroatoms. The minimum absolute atomic E-state index is 0.0522. The molecule has 5 rings (SSSR count). The van der Waals surface area contributed by atoms with Crippen LogP contribution in [0.4, 0.5) is 5.69 Å². The Bertz CT molecular complexity index is 1360. The largest absolute Gasteiger partial charge is 0.507 e. The number of aromatic nitrogens is 1. The maximum Gasteiger partial charge on any atom is 0.300 e. The number of aliphatic hydroxyl groups is 1. The monoisotopic (exact) mass is 498 g/mol. The Morgan fingerprint density at radius 3 is 2.65 bits per heavy atom. The van der Waals surface area contributed by atoms with Crippen molar-refractivity contribution in [1.82, 2.24) is 4.98 Å². The van der Waals surface area contributed by atoms with Gasteiger partial charge in [0, 0.05) is 23.0 Å². The van der Waals surface area contributed by atoms with Crippen molar-refractivity contribution >= 4 is 46.3 Å². The third-order valence-electron chi connectivity index (χ3n) is 5.51. The third-order valence-corrected chi connectivity index (χ3v) is 6.01. The van der Waals surface area contributed by atoms with Gasteiger partial charge in [0.1, 0.15) is 17.6 Å².